The summed E-state index contributed by atoms with van der Waals surface area (Å²) in [4.78, 5) is 11.4. The van der Waals surface area contributed by atoms with Gasteiger partial charge in [-0.15, -0.1) is 0 Å². The van der Waals surface area contributed by atoms with E-state index in [4.69, 9.17) is 4.74 Å². The molecule has 1 aromatic carbocycles. The maximum absolute atomic E-state index is 11.4. The number of carbonyl (C=O) groups is 1. The van der Waals surface area contributed by atoms with E-state index in [0.29, 0.717) is 0 Å². The van der Waals surface area contributed by atoms with Crippen LogP contribution < -0.4 is 10.2 Å². The summed E-state index contributed by atoms with van der Waals surface area (Å²) in [5.41, 5.74) is 4.36. The highest BCUT2D eigenvalue weighted by molar-refractivity contribution is 5.99. The van der Waals surface area contributed by atoms with Crippen LogP contribution in [-0.4, -0.2) is 18.7 Å². The molecule has 1 N–H and O–H groups in total. The molecule has 0 aliphatic heterocycles. The molecule has 1 saturated carbocycles. The summed E-state index contributed by atoms with van der Waals surface area (Å²) in [7, 11) is 1.63. The minimum absolute atomic E-state index is 0.0258. The Bertz CT molecular complexity index is 433. The van der Waals surface area contributed by atoms with E-state index in [2.05, 4.69) is 10.5 Å². The Hall–Kier alpha value is -1.84. The van der Waals surface area contributed by atoms with Crippen molar-refractivity contribution in [3.63, 3.8) is 0 Å². The van der Waals surface area contributed by atoms with Crippen molar-refractivity contribution in [2.45, 2.75) is 19.8 Å². The molecule has 0 unspecified atom stereocenters. The number of hydrogen-bond donors (Lipinski definition) is 1. The van der Waals surface area contributed by atoms with E-state index in [1.54, 1.807) is 7.11 Å². The number of carbonyl (C=O) groups excluding carboxylic acids is 1. The van der Waals surface area contributed by atoms with Gasteiger partial charge >= 0.3 is 0 Å². The van der Waals surface area contributed by atoms with Crippen molar-refractivity contribution >= 4 is 11.6 Å². The van der Waals surface area contributed by atoms with Crippen molar-refractivity contribution in [1.82, 2.24) is 5.43 Å². The average Bonchev–Trinajstić information content (AvgIpc) is 3.20. The lowest BCUT2D eigenvalue weighted by Crippen LogP contribution is -2.20. The van der Waals surface area contributed by atoms with E-state index in [9.17, 15) is 4.79 Å². The molecule has 2 rings (SSSR count). The van der Waals surface area contributed by atoms with Crippen molar-refractivity contribution in [3.8, 4) is 5.75 Å². The molecular formula is C13H16N2O2. The first-order valence-corrected chi connectivity index (χ1v) is 5.69. The zero-order valence-electron chi connectivity index (χ0n) is 10.1. The third-order valence-electron chi connectivity index (χ3n) is 2.79. The largest absolute Gasteiger partial charge is 0.497 e. The quantitative estimate of drug-likeness (QED) is 0.637. The van der Waals surface area contributed by atoms with Crippen molar-refractivity contribution in [2.24, 2.45) is 11.0 Å². The van der Waals surface area contributed by atoms with Gasteiger partial charge in [0.15, 0.2) is 0 Å². The summed E-state index contributed by atoms with van der Waals surface area (Å²) in [5, 5.41) is 4.09. The van der Waals surface area contributed by atoms with Crippen LogP contribution >= 0.6 is 0 Å². The van der Waals surface area contributed by atoms with E-state index in [-0.39, 0.29) is 11.8 Å². The van der Waals surface area contributed by atoms with Crippen LogP contribution in [0.2, 0.25) is 0 Å². The minimum Gasteiger partial charge on any atom is -0.497 e. The first-order valence-electron chi connectivity index (χ1n) is 5.69. The van der Waals surface area contributed by atoms with E-state index >= 15 is 0 Å². The number of hydrazone groups is 1. The standard InChI is InChI=1S/C13H16N2O2/c1-9(14-15-13(16)11-3-4-11)10-5-7-12(17-2)8-6-10/h5-8,11H,3-4H2,1-2H3,(H,15,16)/b14-9-. The molecule has 1 aliphatic rings. The molecule has 90 valence electrons. The van der Waals surface area contributed by atoms with Gasteiger partial charge in [-0.25, -0.2) is 5.43 Å². The molecule has 0 atom stereocenters. The Morgan fingerprint density at radius 1 is 1.35 bits per heavy atom. The number of nitrogens with zero attached hydrogens (tertiary/aromatic N) is 1. The molecule has 1 fully saturated rings. The molecule has 0 radical (unpaired) electrons. The van der Waals surface area contributed by atoms with Gasteiger partial charge in [0, 0.05) is 5.92 Å². The first kappa shape index (κ1) is 11.6. The van der Waals surface area contributed by atoms with Gasteiger partial charge in [-0.3, -0.25) is 4.79 Å². The molecule has 0 spiro atoms. The summed E-state index contributed by atoms with van der Waals surface area (Å²) in [6, 6.07) is 7.58. The van der Waals surface area contributed by atoms with Crippen LogP contribution in [0.5, 0.6) is 5.75 Å². The van der Waals surface area contributed by atoms with Gasteiger partial charge in [0.1, 0.15) is 5.75 Å². The Balaban J connectivity index is 1.99. The van der Waals surface area contributed by atoms with Gasteiger partial charge in [0.05, 0.1) is 12.8 Å². The molecule has 0 saturated heterocycles. The third-order valence-corrected chi connectivity index (χ3v) is 2.79. The summed E-state index contributed by atoms with van der Waals surface area (Å²) in [6.07, 6.45) is 1.98. The van der Waals surface area contributed by atoms with E-state index < -0.39 is 0 Å². The molecular weight excluding hydrogens is 216 g/mol. The van der Waals surface area contributed by atoms with Crippen LogP contribution in [-0.2, 0) is 4.79 Å². The van der Waals surface area contributed by atoms with Crippen molar-refractivity contribution < 1.29 is 9.53 Å². The summed E-state index contributed by atoms with van der Waals surface area (Å²) < 4.78 is 5.08. The van der Waals surface area contributed by atoms with Gasteiger partial charge in [0.2, 0.25) is 5.91 Å². The van der Waals surface area contributed by atoms with Gasteiger partial charge in [0.25, 0.3) is 0 Å². The molecule has 0 bridgehead atoms. The van der Waals surface area contributed by atoms with Crippen LogP contribution in [0.4, 0.5) is 0 Å². The van der Waals surface area contributed by atoms with Crippen LogP contribution in [0.15, 0.2) is 29.4 Å². The number of hydrogen-bond acceptors (Lipinski definition) is 3. The third kappa shape index (κ3) is 3.06. The maximum atomic E-state index is 11.4. The monoisotopic (exact) mass is 232 g/mol. The lowest BCUT2D eigenvalue weighted by atomic mass is 10.1. The number of ether oxygens (including phenoxy) is 1. The zero-order valence-corrected chi connectivity index (χ0v) is 10.1. The van der Waals surface area contributed by atoms with E-state index in [1.165, 1.54) is 0 Å². The molecule has 0 heterocycles. The topological polar surface area (TPSA) is 50.7 Å². The second kappa shape index (κ2) is 4.99. The molecule has 17 heavy (non-hydrogen) atoms. The Labute approximate surface area is 101 Å². The minimum atomic E-state index is 0.0258. The Morgan fingerprint density at radius 2 is 2.00 bits per heavy atom. The molecule has 4 heteroatoms. The number of nitrogens with one attached hydrogen (secondary N) is 1. The van der Waals surface area contributed by atoms with Gasteiger partial charge < -0.3 is 4.74 Å². The highest BCUT2D eigenvalue weighted by Crippen LogP contribution is 2.28. The normalized spacial score (nSPS) is 15.5. The number of benzene rings is 1. The maximum Gasteiger partial charge on any atom is 0.243 e. The Kier molecular flexibility index (Phi) is 3.42. The van der Waals surface area contributed by atoms with Gasteiger partial charge in [-0.2, -0.15) is 5.10 Å². The highest BCUT2D eigenvalue weighted by atomic mass is 16.5. The van der Waals surface area contributed by atoms with Crippen molar-refractivity contribution in [1.29, 1.82) is 0 Å². The van der Waals surface area contributed by atoms with Crippen LogP contribution in [0.25, 0.3) is 0 Å². The molecule has 1 amide bonds. The summed E-state index contributed by atoms with van der Waals surface area (Å²) >= 11 is 0. The number of amides is 1. The fraction of sp³-hybridized carbons (Fsp3) is 0.385. The fourth-order valence-corrected chi connectivity index (χ4v) is 1.47. The number of methoxy groups -OCH3 is 1. The SMILES string of the molecule is COc1ccc(/C(C)=N\NC(=O)C2CC2)cc1. The molecule has 1 aliphatic carbocycles. The van der Waals surface area contributed by atoms with Crippen molar-refractivity contribution in [3.05, 3.63) is 29.8 Å². The predicted octanol–water partition coefficient (Wildman–Crippen LogP) is 1.95. The molecule has 1 aromatic rings. The van der Waals surface area contributed by atoms with Crippen LogP contribution in [0.3, 0.4) is 0 Å². The Morgan fingerprint density at radius 3 is 2.53 bits per heavy atom. The summed E-state index contributed by atoms with van der Waals surface area (Å²) in [6.45, 7) is 1.87. The second-order valence-corrected chi connectivity index (χ2v) is 4.18. The van der Waals surface area contributed by atoms with E-state index in [1.807, 2.05) is 31.2 Å². The molecule has 4 nitrogen and oxygen atoms in total. The van der Waals surface area contributed by atoms with Gasteiger partial charge in [-0.1, -0.05) is 0 Å². The average molecular weight is 232 g/mol. The van der Waals surface area contributed by atoms with Crippen LogP contribution in [0, 0.1) is 5.92 Å². The summed E-state index contributed by atoms with van der Waals surface area (Å²) in [5.74, 6) is 1.02. The first-order chi connectivity index (χ1) is 8.20. The smallest absolute Gasteiger partial charge is 0.243 e. The fourth-order valence-electron chi connectivity index (χ4n) is 1.47. The van der Waals surface area contributed by atoms with Gasteiger partial charge in [-0.05, 0) is 49.6 Å². The predicted molar refractivity (Wildman–Crippen MR) is 66.1 cm³/mol. The lowest BCUT2D eigenvalue weighted by Gasteiger charge is -2.03. The molecule has 0 aromatic heterocycles. The lowest BCUT2D eigenvalue weighted by molar-refractivity contribution is -0.122. The zero-order chi connectivity index (χ0) is 12.3. The highest BCUT2D eigenvalue weighted by Gasteiger charge is 2.29. The van der Waals surface area contributed by atoms with Crippen molar-refractivity contribution in [2.75, 3.05) is 7.11 Å². The van der Waals surface area contributed by atoms with E-state index in [0.717, 1.165) is 29.9 Å². The second-order valence-electron chi connectivity index (χ2n) is 4.18. The number of rotatable bonds is 4. The van der Waals surface area contributed by atoms with Crippen LogP contribution in [0.1, 0.15) is 25.3 Å².